The number of morpholine rings is 1. The summed E-state index contributed by atoms with van der Waals surface area (Å²) in [5.74, 6) is 1.69. The molecule has 0 radical (unpaired) electrons. The Kier molecular flexibility index (Phi) is 5.85. The SMILES string of the molecule is COc1ccc(OCC2CN(C)CCO2)c(CC(C)N)c1. The summed E-state index contributed by atoms with van der Waals surface area (Å²) < 4.78 is 17.0. The van der Waals surface area contributed by atoms with E-state index < -0.39 is 0 Å². The van der Waals surface area contributed by atoms with Gasteiger partial charge in [-0.1, -0.05) is 0 Å². The van der Waals surface area contributed by atoms with Crippen molar-refractivity contribution in [3.05, 3.63) is 23.8 Å². The quantitative estimate of drug-likeness (QED) is 0.857. The zero-order chi connectivity index (χ0) is 15.2. The number of ether oxygens (including phenoxy) is 3. The number of nitrogens with two attached hydrogens (primary N) is 1. The summed E-state index contributed by atoms with van der Waals surface area (Å²) in [5.41, 5.74) is 6.99. The molecule has 0 amide bonds. The first-order chi connectivity index (χ1) is 10.1. The van der Waals surface area contributed by atoms with Crippen LogP contribution in [0.2, 0.25) is 0 Å². The fourth-order valence-electron chi connectivity index (χ4n) is 2.48. The Bertz CT molecular complexity index is 451. The van der Waals surface area contributed by atoms with Crippen LogP contribution in [-0.4, -0.2) is 57.5 Å². The van der Waals surface area contributed by atoms with E-state index in [-0.39, 0.29) is 12.1 Å². The summed E-state index contributed by atoms with van der Waals surface area (Å²) >= 11 is 0. The lowest BCUT2D eigenvalue weighted by molar-refractivity contribution is -0.0404. The van der Waals surface area contributed by atoms with E-state index in [1.807, 2.05) is 25.1 Å². The number of hydrogen-bond donors (Lipinski definition) is 1. The van der Waals surface area contributed by atoms with Gasteiger partial charge in [0.25, 0.3) is 0 Å². The van der Waals surface area contributed by atoms with E-state index in [0.29, 0.717) is 6.61 Å². The Hall–Kier alpha value is -1.30. The third-order valence-electron chi connectivity index (χ3n) is 3.58. The Balaban J connectivity index is 2.00. The highest BCUT2D eigenvalue weighted by Gasteiger charge is 2.19. The van der Waals surface area contributed by atoms with Crippen molar-refractivity contribution in [3.63, 3.8) is 0 Å². The number of methoxy groups -OCH3 is 1. The van der Waals surface area contributed by atoms with Gasteiger partial charge in [-0.3, -0.25) is 0 Å². The van der Waals surface area contributed by atoms with Gasteiger partial charge in [0, 0.05) is 19.1 Å². The molecule has 0 spiro atoms. The number of likely N-dealkylation sites (N-methyl/N-ethyl adjacent to an activating group) is 1. The van der Waals surface area contributed by atoms with Crippen LogP contribution >= 0.6 is 0 Å². The molecule has 0 aromatic heterocycles. The molecule has 2 rings (SSSR count). The molecule has 0 bridgehead atoms. The Morgan fingerprint density at radius 3 is 2.95 bits per heavy atom. The minimum atomic E-state index is 0.0801. The first kappa shape index (κ1) is 16.1. The van der Waals surface area contributed by atoms with Crippen LogP contribution in [0.15, 0.2) is 18.2 Å². The van der Waals surface area contributed by atoms with E-state index >= 15 is 0 Å². The minimum absolute atomic E-state index is 0.0801. The number of nitrogens with zero attached hydrogens (tertiary/aromatic N) is 1. The van der Waals surface area contributed by atoms with Crippen molar-refractivity contribution in [2.24, 2.45) is 5.73 Å². The lowest BCUT2D eigenvalue weighted by atomic mass is 10.1. The molecular formula is C16H26N2O3. The van der Waals surface area contributed by atoms with Crippen LogP contribution in [0, 0.1) is 0 Å². The molecule has 1 saturated heterocycles. The van der Waals surface area contributed by atoms with Crippen LogP contribution in [0.25, 0.3) is 0 Å². The lowest BCUT2D eigenvalue weighted by Crippen LogP contribution is -2.42. The van der Waals surface area contributed by atoms with Crippen LogP contribution in [0.3, 0.4) is 0 Å². The van der Waals surface area contributed by atoms with E-state index in [1.165, 1.54) is 0 Å². The standard InChI is InChI=1S/C16H26N2O3/c1-12(17)8-13-9-14(19-3)4-5-16(13)21-11-15-10-18(2)6-7-20-15/h4-5,9,12,15H,6-8,10-11,17H2,1-3H3. The molecular weight excluding hydrogens is 268 g/mol. The molecule has 0 saturated carbocycles. The summed E-state index contributed by atoms with van der Waals surface area (Å²) in [6.07, 6.45) is 0.881. The van der Waals surface area contributed by atoms with E-state index in [9.17, 15) is 0 Å². The summed E-state index contributed by atoms with van der Waals surface area (Å²) in [5, 5.41) is 0. The molecule has 1 aromatic rings. The van der Waals surface area contributed by atoms with Gasteiger partial charge in [0.15, 0.2) is 0 Å². The molecule has 1 aliphatic heterocycles. The normalized spacial score (nSPS) is 21.0. The Morgan fingerprint density at radius 2 is 2.29 bits per heavy atom. The number of hydrogen-bond acceptors (Lipinski definition) is 5. The van der Waals surface area contributed by atoms with Gasteiger partial charge in [0.2, 0.25) is 0 Å². The predicted octanol–water partition coefficient (Wildman–Crippen LogP) is 1.29. The largest absolute Gasteiger partial charge is 0.497 e. The summed E-state index contributed by atoms with van der Waals surface area (Å²) in [6.45, 7) is 5.19. The molecule has 1 aliphatic rings. The van der Waals surface area contributed by atoms with Crippen molar-refractivity contribution in [2.75, 3.05) is 40.5 Å². The van der Waals surface area contributed by atoms with Crippen molar-refractivity contribution in [2.45, 2.75) is 25.5 Å². The van der Waals surface area contributed by atoms with Gasteiger partial charge >= 0.3 is 0 Å². The Labute approximate surface area is 127 Å². The maximum absolute atomic E-state index is 5.96. The topological polar surface area (TPSA) is 57.0 Å². The van der Waals surface area contributed by atoms with E-state index in [0.717, 1.165) is 43.2 Å². The van der Waals surface area contributed by atoms with Crippen LogP contribution in [-0.2, 0) is 11.2 Å². The second kappa shape index (κ2) is 7.64. The highest BCUT2D eigenvalue weighted by molar-refractivity contribution is 5.40. The fourth-order valence-corrected chi connectivity index (χ4v) is 2.48. The third-order valence-corrected chi connectivity index (χ3v) is 3.58. The summed E-state index contributed by atoms with van der Waals surface area (Å²) in [7, 11) is 3.77. The monoisotopic (exact) mass is 294 g/mol. The lowest BCUT2D eigenvalue weighted by Gasteiger charge is -2.30. The van der Waals surface area contributed by atoms with Crippen LogP contribution in [0.1, 0.15) is 12.5 Å². The maximum Gasteiger partial charge on any atom is 0.122 e. The van der Waals surface area contributed by atoms with Gasteiger partial charge in [-0.05, 0) is 44.2 Å². The van der Waals surface area contributed by atoms with Crippen molar-refractivity contribution in [1.82, 2.24) is 4.90 Å². The molecule has 5 nitrogen and oxygen atoms in total. The first-order valence-electron chi connectivity index (χ1n) is 7.44. The van der Waals surface area contributed by atoms with E-state index in [1.54, 1.807) is 7.11 Å². The zero-order valence-electron chi connectivity index (χ0n) is 13.2. The number of rotatable bonds is 6. The van der Waals surface area contributed by atoms with E-state index in [4.69, 9.17) is 19.9 Å². The maximum atomic E-state index is 5.96. The fraction of sp³-hybridized carbons (Fsp3) is 0.625. The molecule has 118 valence electrons. The van der Waals surface area contributed by atoms with Gasteiger partial charge in [-0.25, -0.2) is 0 Å². The van der Waals surface area contributed by atoms with Gasteiger partial charge < -0.3 is 24.8 Å². The Morgan fingerprint density at radius 1 is 1.48 bits per heavy atom. The molecule has 1 aromatic carbocycles. The third kappa shape index (κ3) is 4.88. The highest BCUT2D eigenvalue weighted by atomic mass is 16.5. The molecule has 21 heavy (non-hydrogen) atoms. The summed E-state index contributed by atoms with van der Waals surface area (Å²) in [4.78, 5) is 2.26. The average Bonchev–Trinajstić information content (AvgIpc) is 2.45. The molecule has 2 atom stereocenters. The average molecular weight is 294 g/mol. The predicted molar refractivity (Wildman–Crippen MR) is 83.1 cm³/mol. The van der Waals surface area contributed by atoms with Crippen molar-refractivity contribution < 1.29 is 14.2 Å². The first-order valence-corrected chi connectivity index (χ1v) is 7.44. The van der Waals surface area contributed by atoms with Gasteiger partial charge in [0.1, 0.15) is 24.2 Å². The van der Waals surface area contributed by atoms with Gasteiger partial charge in [0.05, 0.1) is 13.7 Å². The second-order valence-electron chi connectivity index (χ2n) is 5.72. The molecule has 2 unspecified atom stereocenters. The highest BCUT2D eigenvalue weighted by Crippen LogP contribution is 2.25. The molecule has 1 fully saturated rings. The van der Waals surface area contributed by atoms with Crippen LogP contribution in [0.4, 0.5) is 0 Å². The summed E-state index contributed by atoms with van der Waals surface area (Å²) in [6, 6.07) is 5.93. The van der Waals surface area contributed by atoms with Crippen molar-refractivity contribution in [1.29, 1.82) is 0 Å². The van der Waals surface area contributed by atoms with E-state index in [2.05, 4.69) is 11.9 Å². The zero-order valence-corrected chi connectivity index (χ0v) is 13.2. The molecule has 0 aliphatic carbocycles. The molecule has 2 N–H and O–H groups in total. The molecule has 5 heteroatoms. The van der Waals surface area contributed by atoms with Gasteiger partial charge in [-0.2, -0.15) is 0 Å². The molecule has 1 heterocycles. The second-order valence-corrected chi connectivity index (χ2v) is 5.72. The van der Waals surface area contributed by atoms with Crippen LogP contribution < -0.4 is 15.2 Å². The van der Waals surface area contributed by atoms with Crippen molar-refractivity contribution in [3.8, 4) is 11.5 Å². The van der Waals surface area contributed by atoms with Crippen LogP contribution in [0.5, 0.6) is 11.5 Å². The smallest absolute Gasteiger partial charge is 0.122 e. The minimum Gasteiger partial charge on any atom is -0.497 e. The van der Waals surface area contributed by atoms with Gasteiger partial charge in [-0.15, -0.1) is 0 Å². The number of benzene rings is 1. The van der Waals surface area contributed by atoms with Crippen molar-refractivity contribution >= 4 is 0 Å².